The zero-order chi connectivity index (χ0) is 19.7. The van der Waals surface area contributed by atoms with Crippen molar-refractivity contribution in [3.63, 3.8) is 0 Å². The van der Waals surface area contributed by atoms with E-state index in [9.17, 15) is 4.79 Å². The number of nitriles is 1. The molecule has 0 atom stereocenters. The minimum absolute atomic E-state index is 0.0891. The van der Waals surface area contributed by atoms with Crippen molar-refractivity contribution < 1.29 is 9.18 Å². The number of benzene rings is 2. The summed E-state index contributed by atoms with van der Waals surface area (Å²) >= 11 is 0. The van der Waals surface area contributed by atoms with Crippen molar-refractivity contribution in [3.8, 4) is 6.07 Å². The van der Waals surface area contributed by atoms with E-state index >= 15 is 4.39 Å². The van der Waals surface area contributed by atoms with Gasteiger partial charge in [-0.3, -0.25) is 4.79 Å². The summed E-state index contributed by atoms with van der Waals surface area (Å²) < 4.78 is 15.4. The van der Waals surface area contributed by atoms with Gasteiger partial charge in [-0.05, 0) is 54.2 Å². The van der Waals surface area contributed by atoms with Crippen LogP contribution in [-0.2, 0) is 5.67 Å². The average molecular weight is 377 g/mol. The van der Waals surface area contributed by atoms with E-state index in [-0.39, 0.29) is 18.7 Å². The maximum absolute atomic E-state index is 15.4. The van der Waals surface area contributed by atoms with Gasteiger partial charge >= 0.3 is 0 Å². The standard InChI is InChI=1S/C23H24FN3O/c24-23(19-7-4-16(15-25)5-8-19)10-12-27(13-11-23)22(28)18-6-9-20(21(26)14-18)17-2-1-3-17/h4-9,14,17H,1-3,10-13,26H2. The minimum atomic E-state index is -1.46. The molecule has 4 rings (SSSR count). The second kappa shape index (κ2) is 7.27. The van der Waals surface area contributed by atoms with Crippen molar-refractivity contribution in [1.29, 1.82) is 5.26 Å². The van der Waals surface area contributed by atoms with Crippen LogP contribution in [0.15, 0.2) is 42.5 Å². The number of carbonyl (C=O) groups is 1. The SMILES string of the molecule is N#Cc1ccc(C2(F)CCN(C(=O)c3ccc(C4CCC4)c(N)c3)CC2)cc1. The molecule has 1 amide bonds. The predicted octanol–water partition coefficient (Wildman–Crippen LogP) is 4.51. The average Bonchev–Trinajstić information content (AvgIpc) is 2.68. The molecule has 4 nitrogen and oxygen atoms in total. The molecule has 2 aromatic carbocycles. The number of rotatable bonds is 3. The van der Waals surface area contributed by atoms with Crippen LogP contribution in [0.1, 0.15) is 65.1 Å². The van der Waals surface area contributed by atoms with Gasteiger partial charge in [-0.25, -0.2) is 4.39 Å². The Kier molecular flexibility index (Phi) is 4.80. The number of hydrogen-bond donors (Lipinski definition) is 1. The van der Waals surface area contributed by atoms with Crippen molar-refractivity contribution in [2.24, 2.45) is 0 Å². The summed E-state index contributed by atoms with van der Waals surface area (Å²) in [5, 5.41) is 8.89. The number of nitrogens with two attached hydrogens (primary N) is 1. The van der Waals surface area contributed by atoms with Gasteiger partial charge in [0.05, 0.1) is 11.6 Å². The summed E-state index contributed by atoms with van der Waals surface area (Å²) in [6.07, 6.45) is 4.07. The molecule has 1 heterocycles. The molecule has 28 heavy (non-hydrogen) atoms. The maximum Gasteiger partial charge on any atom is 0.253 e. The van der Waals surface area contributed by atoms with Crippen LogP contribution >= 0.6 is 0 Å². The first kappa shape index (κ1) is 18.5. The molecule has 0 unspecified atom stereocenters. The van der Waals surface area contributed by atoms with Crippen molar-refractivity contribution in [3.05, 3.63) is 64.7 Å². The number of anilines is 1. The lowest BCUT2D eigenvalue weighted by Gasteiger charge is -2.37. The molecule has 2 N–H and O–H groups in total. The van der Waals surface area contributed by atoms with Crippen LogP contribution in [0.4, 0.5) is 10.1 Å². The van der Waals surface area contributed by atoms with Gasteiger partial charge in [-0.2, -0.15) is 5.26 Å². The van der Waals surface area contributed by atoms with Gasteiger partial charge in [0.25, 0.3) is 5.91 Å². The lowest BCUT2D eigenvalue weighted by Crippen LogP contribution is -2.43. The maximum atomic E-state index is 15.4. The molecule has 144 valence electrons. The van der Waals surface area contributed by atoms with Crippen LogP contribution < -0.4 is 5.73 Å². The Labute approximate surface area is 164 Å². The van der Waals surface area contributed by atoms with Gasteiger partial charge in [0.1, 0.15) is 5.67 Å². The zero-order valence-electron chi connectivity index (χ0n) is 15.8. The molecule has 1 aliphatic heterocycles. The molecule has 1 saturated carbocycles. The van der Waals surface area contributed by atoms with E-state index < -0.39 is 5.67 Å². The van der Waals surface area contributed by atoms with Gasteiger partial charge in [-0.15, -0.1) is 0 Å². The molecular formula is C23H24FN3O. The highest BCUT2D eigenvalue weighted by Gasteiger charge is 2.37. The summed E-state index contributed by atoms with van der Waals surface area (Å²) in [5.74, 6) is 0.437. The highest BCUT2D eigenvalue weighted by Crippen LogP contribution is 2.40. The van der Waals surface area contributed by atoms with E-state index in [1.807, 2.05) is 18.2 Å². The Hall–Kier alpha value is -2.87. The molecule has 0 spiro atoms. The Balaban J connectivity index is 1.43. The number of nitrogens with zero attached hydrogens (tertiary/aromatic N) is 2. The second-order valence-electron chi connectivity index (χ2n) is 7.92. The molecule has 1 saturated heterocycles. The molecular weight excluding hydrogens is 353 g/mol. The van der Waals surface area contributed by atoms with Crippen LogP contribution in [0, 0.1) is 11.3 Å². The Morgan fingerprint density at radius 1 is 1.14 bits per heavy atom. The van der Waals surface area contributed by atoms with E-state index in [2.05, 4.69) is 0 Å². The largest absolute Gasteiger partial charge is 0.398 e. The smallest absolute Gasteiger partial charge is 0.253 e. The van der Waals surface area contributed by atoms with Crippen LogP contribution in [-0.4, -0.2) is 23.9 Å². The van der Waals surface area contributed by atoms with E-state index in [1.165, 1.54) is 6.42 Å². The Morgan fingerprint density at radius 3 is 2.36 bits per heavy atom. The van der Waals surface area contributed by atoms with Crippen molar-refractivity contribution >= 4 is 11.6 Å². The van der Waals surface area contributed by atoms with Crippen LogP contribution in [0.2, 0.25) is 0 Å². The summed E-state index contributed by atoms with van der Waals surface area (Å²) in [5.41, 5.74) is 8.22. The Morgan fingerprint density at radius 2 is 1.82 bits per heavy atom. The van der Waals surface area contributed by atoms with Gasteiger partial charge < -0.3 is 10.6 Å². The number of likely N-dealkylation sites (tertiary alicyclic amines) is 1. The van der Waals surface area contributed by atoms with Gasteiger partial charge in [0.15, 0.2) is 0 Å². The third-order valence-electron chi connectivity index (χ3n) is 6.25. The number of carbonyl (C=O) groups excluding carboxylic acids is 1. The lowest BCUT2D eigenvalue weighted by molar-refractivity contribution is 0.0421. The third kappa shape index (κ3) is 3.35. The minimum Gasteiger partial charge on any atom is -0.398 e. The summed E-state index contributed by atoms with van der Waals surface area (Å²) in [4.78, 5) is 14.6. The highest BCUT2D eigenvalue weighted by atomic mass is 19.1. The molecule has 5 heteroatoms. The Bertz CT molecular complexity index is 920. The highest BCUT2D eigenvalue weighted by molar-refractivity contribution is 5.95. The first-order valence-electron chi connectivity index (χ1n) is 9.88. The lowest BCUT2D eigenvalue weighted by atomic mass is 9.79. The summed E-state index contributed by atoms with van der Waals surface area (Å²) in [6.45, 7) is 0.721. The van der Waals surface area contributed by atoms with Crippen molar-refractivity contribution in [1.82, 2.24) is 4.90 Å². The molecule has 2 fully saturated rings. The predicted molar refractivity (Wildman–Crippen MR) is 107 cm³/mol. The molecule has 0 aromatic heterocycles. The first-order valence-corrected chi connectivity index (χ1v) is 9.88. The number of hydrogen-bond acceptors (Lipinski definition) is 3. The molecule has 0 radical (unpaired) electrons. The number of alkyl halides is 1. The summed E-state index contributed by atoms with van der Waals surface area (Å²) in [7, 11) is 0. The molecule has 0 bridgehead atoms. The van der Waals surface area contributed by atoms with Crippen LogP contribution in [0.3, 0.4) is 0 Å². The monoisotopic (exact) mass is 377 g/mol. The van der Waals surface area contributed by atoms with Crippen molar-refractivity contribution in [2.45, 2.75) is 43.7 Å². The topological polar surface area (TPSA) is 70.1 Å². The third-order valence-corrected chi connectivity index (χ3v) is 6.25. The fourth-order valence-electron chi connectivity index (χ4n) is 4.18. The first-order chi connectivity index (χ1) is 13.5. The second-order valence-corrected chi connectivity index (χ2v) is 7.92. The van der Waals surface area contributed by atoms with E-state index in [0.29, 0.717) is 41.4 Å². The molecule has 2 aromatic rings. The molecule has 1 aliphatic carbocycles. The fraction of sp³-hybridized carbons (Fsp3) is 0.391. The normalized spacial score (nSPS) is 18.9. The fourth-order valence-corrected chi connectivity index (χ4v) is 4.18. The quantitative estimate of drug-likeness (QED) is 0.800. The molecule has 2 aliphatic rings. The summed E-state index contributed by atoms with van der Waals surface area (Å²) in [6, 6.07) is 14.3. The van der Waals surface area contributed by atoms with E-state index in [4.69, 9.17) is 11.0 Å². The van der Waals surface area contributed by atoms with Gasteiger partial charge in [0.2, 0.25) is 0 Å². The van der Waals surface area contributed by atoms with Crippen LogP contribution in [0.25, 0.3) is 0 Å². The van der Waals surface area contributed by atoms with Gasteiger partial charge in [-0.1, -0.05) is 24.6 Å². The number of halogens is 1. The number of amides is 1. The number of nitrogen functional groups attached to an aromatic ring is 1. The van der Waals surface area contributed by atoms with Crippen molar-refractivity contribution in [2.75, 3.05) is 18.8 Å². The zero-order valence-corrected chi connectivity index (χ0v) is 15.8. The number of piperidine rings is 1. The van der Waals surface area contributed by atoms with Gasteiger partial charge in [0, 0.05) is 37.2 Å². The van der Waals surface area contributed by atoms with Crippen LogP contribution in [0.5, 0.6) is 0 Å². The van der Waals surface area contributed by atoms with E-state index in [0.717, 1.165) is 18.4 Å². The van der Waals surface area contributed by atoms with E-state index in [1.54, 1.807) is 35.2 Å².